The Morgan fingerprint density at radius 3 is 3.17 bits per heavy atom. The smallest absolute Gasteiger partial charge is 0.242 e. The summed E-state index contributed by atoms with van der Waals surface area (Å²) in [7, 11) is 0. The predicted octanol–water partition coefficient (Wildman–Crippen LogP) is 2.06. The molecule has 0 fully saturated rings. The summed E-state index contributed by atoms with van der Waals surface area (Å²) in [6.07, 6.45) is 2.66. The molecule has 0 aromatic heterocycles. The van der Waals surface area contributed by atoms with Gasteiger partial charge in [0.25, 0.3) is 0 Å². The highest BCUT2D eigenvalue weighted by atomic mass is 32.2. The second-order valence-electron chi connectivity index (χ2n) is 4.21. The molecule has 1 atom stereocenters. The molecule has 1 aromatic rings. The number of para-hydroxylation sites is 1. The molecule has 0 saturated carbocycles. The molecule has 0 radical (unpaired) electrons. The van der Waals surface area contributed by atoms with Crippen molar-refractivity contribution in [2.45, 2.75) is 12.5 Å². The van der Waals surface area contributed by atoms with Crippen molar-refractivity contribution in [1.82, 2.24) is 5.32 Å². The van der Waals surface area contributed by atoms with Crippen LogP contribution in [0.2, 0.25) is 0 Å². The van der Waals surface area contributed by atoms with Crippen LogP contribution in [0.5, 0.6) is 0 Å². The lowest BCUT2D eigenvalue weighted by Gasteiger charge is -2.11. The highest BCUT2D eigenvalue weighted by Crippen LogP contribution is 2.24. The number of rotatable bonds is 6. The molecule has 0 bridgehead atoms. The lowest BCUT2D eigenvalue weighted by molar-refractivity contribution is -0.121. The summed E-state index contributed by atoms with van der Waals surface area (Å²) < 4.78 is 0. The van der Waals surface area contributed by atoms with E-state index in [9.17, 15) is 4.79 Å². The summed E-state index contributed by atoms with van der Waals surface area (Å²) in [4.78, 5) is 11.9. The van der Waals surface area contributed by atoms with E-state index in [4.69, 9.17) is 0 Å². The van der Waals surface area contributed by atoms with E-state index in [0.717, 1.165) is 23.6 Å². The van der Waals surface area contributed by atoms with Crippen molar-refractivity contribution in [3.8, 4) is 0 Å². The minimum absolute atomic E-state index is 0.0883. The van der Waals surface area contributed by atoms with Crippen molar-refractivity contribution in [2.24, 2.45) is 0 Å². The van der Waals surface area contributed by atoms with Gasteiger partial charge >= 0.3 is 0 Å². The van der Waals surface area contributed by atoms with Crippen molar-refractivity contribution < 1.29 is 4.79 Å². The first-order valence-corrected chi connectivity index (χ1v) is 7.27. The van der Waals surface area contributed by atoms with Gasteiger partial charge in [-0.2, -0.15) is 11.8 Å². The molecule has 2 N–H and O–H groups in total. The lowest BCUT2D eigenvalue weighted by Crippen LogP contribution is -2.39. The fourth-order valence-corrected chi connectivity index (χ4v) is 2.57. The van der Waals surface area contributed by atoms with E-state index in [1.807, 2.05) is 24.3 Å². The van der Waals surface area contributed by atoms with Gasteiger partial charge in [0, 0.05) is 30.2 Å². The van der Waals surface area contributed by atoms with Crippen LogP contribution in [-0.2, 0) is 11.2 Å². The summed E-state index contributed by atoms with van der Waals surface area (Å²) in [5, 5.41) is 6.21. The Hall–Kier alpha value is -1.42. The van der Waals surface area contributed by atoms with Gasteiger partial charge in [-0.1, -0.05) is 24.3 Å². The first kappa shape index (κ1) is 13.0. The third-order valence-corrected chi connectivity index (χ3v) is 3.83. The summed E-state index contributed by atoms with van der Waals surface area (Å²) in [5.74, 6) is 1.95. The molecule has 4 heteroatoms. The van der Waals surface area contributed by atoms with Gasteiger partial charge in [-0.05, 0) is 11.6 Å². The predicted molar refractivity (Wildman–Crippen MR) is 78.1 cm³/mol. The zero-order valence-electron chi connectivity index (χ0n) is 10.3. The van der Waals surface area contributed by atoms with E-state index in [-0.39, 0.29) is 11.9 Å². The maximum atomic E-state index is 11.9. The van der Waals surface area contributed by atoms with Gasteiger partial charge in [0.05, 0.1) is 0 Å². The molecule has 96 valence electrons. The fourth-order valence-electron chi connectivity index (χ4n) is 1.99. The Kier molecular flexibility index (Phi) is 4.70. The summed E-state index contributed by atoms with van der Waals surface area (Å²) >= 11 is 1.77. The highest BCUT2D eigenvalue weighted by molar-refractivity contribution is 7.99. The third-order valence-electron chi connectivity index (χ3n) is 2.87. The average molecular weight is 262 g/mol. The van der Waals surface area contributed by atoms with Gasteiger partial charge in [-0.3, -0.25) is 4.79 Å². The van der Waals surface area contributed by atoms with E-state index in [0.29, 0.717) is 6.54 Å². The number of fused-ring (bicyclic) bond motifs is 1. The third kappa shape index (κ3) is 3.29. The number of carbonyl (C=O) groups excluding carboxylic acids is 1. The number of hydrogen-bond donors (Lipinski definition) is 2. The maximum absolute atomic E-state index is 11.9. The van der Waals surface area contributed by atoms with Gasteiger partial charge in [0.2, 0.25) is 5.91 Å². The first-order valence-electron chi connectivity index (χ1n) is 6.12. The van der Waals surface area contributed by atoms with E-state index in [1.165, 1.54) is 5.56 Å². The molecule has 0 saturated heterocycles. The molecule has 1 amide bonds. The molecule has 0 spiro atoms. The largest absolute Gasteiger partial charge is 0.373 e. The quantitative estimate of drug-likeness (QED) is 0.609. The van der Waals surface area contributed by atoms with Crippen molar-refractivity contribution in [2.75, 3.05) is 23.4 Å². The van der Waals surface area contributed by atoms with Gasteiger partial charge in [-0.15, -0.1) is 6.58 Å². The lowest BCUT2D eigenvalue weighted by atomic mass is 10.1. The van der Waals surface area contributed by atoms with Crippen LogP contribution in [0.15, 0.2) is 36.9 Å². The summed E-state index contributed by atoms with van der Waals surface area (Å²) in [6, 6.07) is 7.95. The molecule has 1 aromatic carbocycles. The van der Waals surface area contributed by atoms with E-state index in [1.54, 1.807) is 11.8 Å². The van der Waals surface area contributed by atoms with Gasteiger partial charge in [0.15, 0.2) is 0 Å². The Labute approximate surface area is 112 Å². The number of amides is 1. The van der Waals surface area contributed by atoms with Crippen molar-refractivity contribution in [3.63, 3.8) is 0 Å². The minimum atomic E-state index is -0.119. The number of hydrogen-bond acceptors (Lipinski definition) is 3. The highest BCUT2D eigenvalue weighted by Gasteiger charge is 2.25. The first-order chi connectivity index (χ1) is 8.81. The molecule has 0 aliphatic carbocycles. The van der Waals surface area contributed by atoms with Crippen LogP contribution >= 0.6 is 11.8 Å². The molecule has 1 unspecified atom stereocenters. The molecule has 1 aliphatic rings. The van der Waals surface area contributed by atoms with Gasteiger partial charge in [0.1, 0.15) is 6.04 Å². The van der Waals surface area contributed by atoms with Crippen molar-refractivity contribution >= 4 is 23.4 Å². The number of thioether (sulfide) groups is 1. The second kappa shape index (κ2) is 6.50. The molecule has 2 rings (SSSR count). The minimum Gasteiger partial charge on any atom is -0.373 e. The van der Waals surface area contributed by atoms with E-state index >= 15 is 0 Å². The molecule has 1 heterocycles. The van der Waals surface area contributed by atoms with Crippen LogP contribution in [0.1, 0.15) is 5.56 Å². The number of benzene rings is 1. The zero-order chi connectivity index (χ0) is 12.8. The van der Waals surface area contributed by atoms with E-state index < -0.39 is 0 Å². The fraction of sp³-hybridized carbons (Fsp3) is 0.357. The van der Waals surface area contributed by atoms with Crippen LogP contribution < -0.4 is 10.6 Å². The number of nitrogens with one attached hydrogen (secondary N) is 2. The molecular weight excluding hydrogens is 244 g/mol. The normalized spacial score (nSPS) is 16.8. The number of carbonyl (C=O) groups is 1. The summed E-state index contributed by atoms with van der Waals surface area (Å²) in [5.41, 5.74) is 2.30. The number of anilines is 1. The standard InChI is InChI=1S/C14H18N2OS/c1-2-8-18-9-7-15-14(17)13-10-11-5-3-4-6-12(11)16-13/h2-6,13,16H,1,7-10H2,(H,15,17). The molecule has 18 heavy (non-hydrogen) atoms. The molecule has 3 nitrogen and oxygen atoms in total. The van der Waals surface area contributed by atoms with Crippen LogP contribution in [0.4, 0.5) is 5.69 Å². The Balaban J connectivity index is 1.74. The van der Waals surface area contributed by atoms with Crippen LogP contribution in [0.3, 0.4) is 0 Å². The monoisotopic (exact) mass is 262 g/mol. The zero-order valence-corrected chi connectivity index (χ0v) is 11.1. The average Bonchev–Trinajstić information content (AvgIpc) is 2.82. The summed E-state index contributed by atoms with van der Waals surface area (Å²) in [6.45, 7) is 4.38. The topological polar surface area (TPSA) is 41.1 Å². The Morgan fingerprint density at radius 2 is 2.39 bits per heavy atom. The van der Waals surface area contributed by atoms with Gasteiger partial charge < -0.3 is 10.6 Å². The van der Waals surface area contributed by atoms with Crippen molar-refractivity contribution in [1.29, 1.82) is 0 Å². The molecule has 1 aliphatic heterocycles. The van der Waals surface area contributed by atoms with Crippen LogP contribution in [0, 0.1) is 0 Å². The van der Waals surface area contributed by atoms with Gasteiger partial charge in [-0.25, -0.2) is 0 Å². The second-order valence-corrected chi connectivity index (χ2v) is 5.36. The van der Waals surface area contributed by atoms with Crippen LogP contribution in [0.25, 0.3) is 0 Å². The maximum Gasteiger partial charge on any atom is 0.242 e. The van der Waals surface area contributed by atoms with Crippen LogP contribution in [-0.4, -0.2) is 30.0 Å². The SMILES string of the molecule is C=CCSCCNC(=O)C1Cc2ccccc2N1. The Morgan fingerprint density at radius 1 is 1.56 bits per heavy atom. The van der Waals surface area contributed by atoms with E-state index in [2.05, 4.69) is 23.3 Å². The Bertz CT molecular complexity index is 409. The van der Waals surface area contributed by atoms with Crippen molar-refractivity contribution in [3.05, 3.63) is 42.5 Å². The molecular formula is C14H18N2OS.